The molecule has 0 aliphatic carbocycles. The Labute approximate surface area is 105 Å². The number of likely N-dealkylation sites (tertiary alicyclic amines) is 1. The molecular weight excluding hydrogens is 208 g/mol. The largest absolute Gasteiger partial charge is 0.317 e. The molecule has 2 rings (SSSR count). The summed E-state index contributed by atoms with van der Waals surface area (Å²) in [6.07, 6.45) is 1.35. The highest BCUT2D eigenvalue weighted by molar-refractivity contribution is 5.25. The molecule has 0 radical (unpaired) electrons. The Balaban J connectivity index is 1.83. The van der Waals surface area contributed by atoms with Crippen molar-refractivity contribution in [2.45, 2.75) is 26.8 Å². The number of nitrogens with zero attached hydrogens (tertiary/aromatic N) is 1. The predicted molar refractivity (Wildman–Crippen MR) is 73.1 cm³/mol. The predicted octanol–water partition coefficient (Wildman–Crippen LogP) is 2.43. The SMILES string of the molecule is CCNCC1CCN(Cc2ccccc2C)C1. The van der Waals surface area contributed by atoms with E-state index in [0.717, 1.165) is 19.0 Å². The van der Waals surface area contributed by atoms with E-state index in [1.165, 1.54) is 37.2 Å². The highest BCUT2D eigenvalue weighted by atomic mass is 15.1. The summed E-state index contributed by atoms with van der Waals surface area (Å²) in [7, 11) is 0. The highest BCUT2D eigenvalue weighted by Crippen LogP contribution is 2.19. The molecule has 1 unspecified atom stereocenters. The third-order valence-electron chi connectivity index (χ3n) is 3.71. The van der Waals surface area contributed by atoms with E-state index in [9.17, 15) is 0 Å². The quantitative estimate of drug-likeness (QED) is 0.839. The molecule has 0 saturated carbocycles. The lowest BCUT2D eigenvalue weighted by Crippen LogP contribution is -2.26. The number of benzene rings is 1. The molecule has 0 spiro atoms. The minimum atomic E-state index is 0.846. The van der Waals surface area contributed by atoms with Gasteiger partial charge in [0.15, 0.2) is 0 Å². The second kappa shape index (κ2) is 6.18. The third-order valence-corrected chi connectivity index (χ3v) is 3.71. The minimum Gasteiger partial charge on any atom is -0.317 e. The number of hydrogen-bond acceptors (Lipinski definition) is 2. The molecule has 1 heterocycles. The summed E-state index contributed by atoms with van der Waals surface area (Å²) in [4.78, 5) is 2.59. The van der Waals surface area contributed by atoms with Crippen molar-refractivity contribution in [2.75, 3.05) is 26.2 Å². The van der Waals surface area contributed by atoms with Gasteiger partial charge >= 0.3 is 0 Å². The molecular formula is C15H24N2. The topological polar surface area (TPSA) is 15.3 Å². The van der Waals surface area contributed by atoms with E-state index in [-0.39, 0.29) is 0 Å². The van der Waals surface area contributed by atoms with Crippen LogP contribution in [0, 0.1) is 12.8 Å². The van der Waals surface area contributed by atoms with Gasteiger partial charge in [-0.15, -0.1) is 0 Å². The Morgan fingerprint density at radius 2 is 2.18 bits per heavy atom. The van der Waals surface area contributed by atoms with Gasteiger partial charge in [-0.1, -0.05) is 31.2 Å². The minimum absolute atomic E-state index is 0.846. The maximum absolute atomic E-state index is 3.46. The van der Waals surface area contributed by atoms with Crippen molar-refractivity contribution in [3.05, 3.63) is 35.4 Å². The van der Waals surface area contributed by atoms with Crippen molar-refractivity contribution >= 4 is 0 Å². The highest BCUT2D eigenvalue weighted by Gasteiger charge is 2.21. The molecule has 1 aromatic carbocycles. The van der Waals surface area contributed by atoms with E-state index >= 15 is 0 Å². The van der Waals surface area contributed by atoms with Crippen LogP contribution >= 0.6 is 0 Å². The number of aryl methyl sites for hydroxylation is 1. The lowest BCUT2D eigenvalue weighted by Gasteiger charge is -2.17. The summed E-state index contributed by atoms with van der Waals surface area (Å²) < 4.78 is 0. The molecule has 1 aliphatic heterocycles. The fourth-order valence-corrected chi connectivity index (χ4v) is 2.60. The summed E-state index contributed by atoms with van der Waals surface area (Å²) in [6, 6.07) is 8.74. The van der Waals surface area contributed by atoms with Crippen LogP contribution in [-0.2, 0) is 6.54 Å². The summed E-state index contributed by atoms with van der Waals surface area (Å²) in [6.45, 7) is 10.3. The second-order valence-corrected chi connectivity index (χ2v) is 5.12. The van der Waals surface area contributed by atoms with Crippen molar-refractivity contribution in [3.8, 4) is 0 Å². The molecule has 17 heavy (non-hydrogen) atoms. The van der Waals surface area contributed by atoms with Crippen molar-refractivity contribution in [2.24, 2.45) is 5.92 Å². The van der Waals surface area contributed by atoms with Crippen molar-refractivity contribution < 1.29 is 0 Å². The van der Waals surface area contributed by atoms with E-state index < -0.39 is 0 Å². The van der Waals surface area contributed by atoms with Crippen LogP contribution in [0.1, 0.15) is 24.5 Å². The molecule has 1 atom stereocenters. The first-order valence-corrected chi connectivity index (χ1v) is 6.77. The normalized spacial score (nSPS) is 20.9. The van der Waals surface area contributed by atoms with Crippen LogP contribution in [0.25, 0.3) is 0 Å². The first kappa shape index (κ1) is 12.6. The molecule has 94 valence electrons. The summed E-state index contributed by atoms with van der Waals surface area (Å²) >= 11 is 0. The summed E-state index contributed by atoms with van der Waals surface area (Å²) in [5.74, 6) is 0.846. The Morgan fingerprint density at radius 1 is 1.35 bits per heavy atom. The van der Waals surface area contributed by atoms with Gasteiger partial charge in [0.05, 0.1) is 0 Å². The third kappa shape index (κ3) is 3.55. The lowest BCUT2D eigenvalue weighted by molar-refractivity contribution is 0.314. The zero-order valence-corrected chi connectivity index (χ0v) is 11.1. The molecule has 2 nitrogen and oxygen atoms in total. The van der Waals surface area contributed by atoms with Crippen molar-refractivity contribution in [1.82, 2.24) is 10.2 Å². The second-order valence-electron chi connectivity index (χ2n) is 5.12. The average molecular weight is 232 g/mol. The Morgan fingerprint density at radius 3 is 2.94 bits per heavy atom. The van der Waals surface area contributed by atoms with Gasteiger partial charge in [0.1, 0.15) is 0 Å². The molecule has 0 bridgehead atoms. The van der Waals surface area contributed by atoms with E-state index in [1.54, 1.807) is 0 Å². The molecule has 1 aromatic rings. The van der Waals surface area contributed by atoms with E-state index in [4.69, 9.17) is 0 Å². The van der Waals surface area contributed by atoms with Crippen LogP contribution in [0.5, 0.6) is 0 Å². The van der Waals surface area contributed by atoms with Gasteiger partial charge in [-0.3, -0.25) is 4.90 Å². The zero-order chi connectivity index (χ0) is 12.1. The van der Waals surface area contributed by atoms with Gasteiger partial charge < -0.3 is 5.32 Å². The maximum atomic E-state index is 3.46. The molecule has 1 N–H and O–H groups in total. The van der Waals surface area contributed by atoms with Crippen LogP contribution in [0.4, 0.5) is 0 Å². The van der Waals surface area contributed by atoms with Gasteiger partial charge in [0, 0.05) is 13.1 Å². The van der Waals surface area contributed by atoms with Crippen LogP contribution in [-0.4, -0.2) is 31.1 Å². The standard InChI is InChI=1S/C15H24N2/c1-3-16-10-14-8-9-17(11-14)12-15-7-5-4-6-13(15)2/h4-7,14,16H,3,8-12H2,1-2H3. The smallest absolute Gasteiger partial charge is 0.0236 e. The van der Waals surface area contributed by atoms with E-state index in [0.29, 0.717) is 0 Å². The molecule has 1 saturated heterocycles. The van der Waals surface area contributed by atoms with Crippen LogP contribution in [0.2, 0.25) is 0 Å². The monoisotopic (exact) mass is 232 g/mol. The number of nitrogens with one attached hydrogen (secondary N) is 1. The van der Waals surface area contributed by atoms with Crippen LogP contribution < -0.4 is 5.32 Å². The van der Waals surface area contributed by atoms with Gasteiger partial charge in [-0.2, -0.15) is 0 Å². The van der Waals surface area contributed by atoms with Crippen molar-refractivity contribution in [1.29, 1.82) is 0 Å². The average Bonchev–Trinajstić information content (AvgIpc) is 2.77. The Bertz CT molecular complexity index is 349. The van der Waals surface area contributed by atoms with Gasteiger partial charge in [0.25, 0.3) is 0 Å². The number of hydrogen-bond donors (Lipinski definition) is 1. The van der Waals surface area contributed by atoms with Crippen LogP contribution in [0.15, 0.2) is 24.3 Å². The molecule has 1 fully saturated rings. The van der Waals surface area contributed by atoms with E-state index in [2.05, 4.69) is 48.3 Å². The lowest BCUT2D eigenvalue weighted by atomic mass is 10.1. The van der Waals surface area contributed by atoms with Gasteiger partial charge in [-0.25, -0.2) is 0 Å². The summed E-state index contributed by atoms with van der Waals surface area (Å²) in [5, 5.41) is 3.46. The first-order valence-electron chi connectivity index (χ1n) is 6.77. The van der Waals surface area contributed by atoms with Crippen LogP contribution in [0.3, 0.4) is 0 Å². The fourth-order valence-electron chi connectivity index (χ4n) is 2.60. The first-order chi connectivity index (χ1) is 8.29. The van der Waals surface area contributed by atoms with Crippen molar-refractivity contribution in [3.63, 3.8) is 0 Å². The maximum Gasteiger partial charge on any atom is 0.0236 e. The fraction of sp³-hybridized carbons (Fsp3) is 0.600. The number of rotatable bonds is 5. The Hall–Kier alpha value is -0.860. The Kier molecular flexibility index (Phi) is 4.57. The molecule has 0 aromatic heterocycles. The molecule has 0 amide bonds. The molecule has 2 heteroatoms. The zero-order valence-electron chi connectivity index (χ0n) is 11.1. The molecule has 1 aliphatic rings. The van der Waals surface area contributed by atoms with E-state index in [1.807, 2.05) is 0 Å². The summed E-state index contributed by atoms with van der Waals surface area (Å²) in [5.41, 5.74) is 2.90. The van der Waals surface area contributed by atoms with Gasteiger partial charge in [-0.05, 0) is 50.0 Å². The van der Waals surface area contributed by atoms with Gasteiger partial charge in [0.2, 0.25) is 0 Å².